The molecule has 0 bridgehead atoms. The lowest BCUT2D eigenvalue weighted by Crippen LogP contribution is -2.64. The molecule has 1 rings (SSSR count). The van der Waals surface area contributed by atoms with Crippen molar-refractivity contribution in [3.63, 3.8) is 0 Å². The van der Waals surface area contributed by atoms with Crippen LogP contribution in [0, 0.1) is 0 Å². The Kier molecular flexibility index (Phi) is 39.4. The maximum atomic E-state index is 12.8. The third-order valence-electron chi connectivity index (χ3n) is 12.4. The van der Waals surface area contributed by atoms with E-state index in [-0.39, 0.29) is 13.0 Å². The standard InChI is InChI=1S/C50H97O12P/c1-3-5-7-9-11-13-15-17-19-20-21-22-23-24-25-26-27-29-31-33-35-37-39-44(51)61-43(41-59-40-38-36-34-32-30-28-18-16-14-12-10-8-6-4-2)42-60-63(57,58)62-50-48(55)46(53)45(52)47(54)49(50)56/h14,16,43,45-50,52-56H,3-13,15,17-42H2,1-2H3,(H,57,58)/b16-14-. The minimum Gasteiger partial charge on any atom is -0.457 e. The Morgan fingerprint density at radius 2 is 0.841 bits per heavy atom. The van der Waals surface area contributed by atoms with Crippen molar-refractivity contribution in [3.05, 3.63) is 12.2 Å². The molecule has 6 unspecified atom stereocenters. The highest BCUT2D eigenvalue weighted by atomic mass is 31.2. The maximum Gasteiger partial charge on any atom is 0.472 e. The second-order valence-electron chi connectivity index (χ2n) is 18.4. The molecule has 12 nitrogen and oxygen atoms in total. The molecule has 374 valence electrons. The van der Waals surface area contributed by atoms with Crippen molar-refractivity contribution in [1.82, 2.24) is 0 Å². The van der Waals surface area contributed by atoms with Gasteiger partial charge in [-0.05, 0) is 38.5 Å². The van der Waals surface area contributed by atoms with Crippen LogP contribution in [0.4, 0.5) is 0 Å². The minimum atomic E-state index is -5.02. The number of phosphoric ester groups is 1. The molecule has 6 N–H and O–H groups in total. The highest BCUT2D eigenvalue weighted by Crippen LogP contribution is 2.47. The lowest BCUT2D eigenvalue weighted by atomic mass is 9.85. The number of aliphatic hydroxyl groups excluding tert-OH is 5. The maximum absolute atomic E-state index is 12.8. The molecule has 1 fully saturated rings. The van der Waals surface area contributed by atoms with Crippen LogP contribution >= 0.6 is 7.82 Å². The van der Waals surface area contributed by atoms with E-state index in [9.17, 15) is 39.8 Å². The average Bonchev–Trinajstić information content (AvgIpc) is 3.27. The van der Waals surface area contributed by atoms with Crippen molar-refractivity contribution in [2.45, 2.75) is 281 Å². The van der Waals surface area contributed by atoms with E-state index in [0.717, 1.165) is 51.4 Å². The first-order valence-corrected chi connectivity index (χ1v) is 27.5. The van der Waals surface area contributed by atoms with Crippen LogP contribution < -0.4 is 0 Å². The summed E-state index contributed by atoms with van der Waals surface area (Å²) < 4.78 is 34.3. The van der Waals surface area contributed by atoms with Crippen molar-refractivity contribution < 1.29 is 58.3 Å². The van der Waals surface area contributed by atoms with Crippen LogP contribution in [0.3, 0.4) is 0 Å². The van der Waals surface area contributed by atoms with Gasteiger partial charge in [-0.1, -0.05) is 206 Å². The molecule has 0 aromatic carbocycles. The van der Waals surface area contributed by atoms with Gasteiger partial charge in [0.05, 0.1) is 13.2 Å². The molecule has 6 atom stereocenters. The zero-order chi connectivity index (χ0) is 46.2. The second-order valence-corrected chi connectivity index (χ2v) is 19.8. The Morgan fingerprint density at radius 1 is 0.492 bits per heavy atom. The van der Waals surface area contributed by atoms with Gasteiger partial charge in [0.25, 0.3) is 0 Å². The lowest BCUT2D eigenvalue weighted by Gasteiger charge is -2.41. The molecule has 0 heterocycles. The summed E-state index contributed by atoms with van der Waals surface area (Å²) in [5, 5.41) is 50.3. The Labute approximate surface area is 384 Å². The van der Waals surface area contributed by atoms with E-state index in [0.29, 0.717) is 13.0 Å². The van der Waals surface area contributed by atoms with Crippen LogP contribution in [-0.4, -0.2) is 98.9 Å². The zero-order valence-electron chi connectivity index (χ0n) is 40.1. The van der Waals surface area contributed by atoms with Gasteiger partial charge in [0.15, 0.2) is 0 Å². The van der Waals surface area contributed by atoms with E-state index >= 15 is 0 Å². The van der Waals surface area contributed by atoms with Gasteiger partial charge in [0.2, 0.25) is 0 Å². The summed E-state index contributed by atoms with van der Waals surface area (Å²) in [6.45, 7) is 4.27. The molecule has 0 aromatic rings. The van der Waals surface area contributed by atoms with Crippen molar-refractivity contribution in [3.8, 4) is 0 Å². The number of hydrogen-bond acceptors (Lipinski definition) is 11. The van der Waals surface area contributed by atoms with Gasteiger partial charge in [0.1, 0.15) is 42.7 Å². The number of carbonyl (C=O) groups is 1. The van der Waals surface area contributed by atoms with Gasteiger partial charge in [-0.2, -0.15) is 0 Å². The monoisotopic (exact) mass is 921 g/mol. The molecular formula is C50H97O12P. The lowest BCUT2D eigenvalue weighted by molar-refractivity contribution is -0.220. The van der Waals surface area contributed by atoms with E-state index in [1.165, 1.54) is 161 Å². The summed E-state index contributed by atoms with van der Waals surface area (Å²) in [5.41, 5.74) is 0. The normalized spacial score (nSPS) is 21.8. The molecule has 1 saturated carbocycles. The summed E-state index contributed by atoms with van der Waals surface area (Å²) in [4.78, 5) is 23.2. The summed E-state index contributed by atoms with van der Waals surface area (Å²) in [5.74, 6) is -0.473. The SMILES string of the molecule is CCCCCC/C=C\CCCCCCCCOCC(COP(=O)(O)OC1C(O)C(O)C(O)C(O)C1O)OC(=O)CCCCCCCCCCCCCCCCCCCCCCCC. The van der Waals surface area contributed by atoms with Gasteiger partial charge < -0.3 is 39.9 Å². The number of rotatable bonds is 45. The molecule has 63 heavy (non-hydrogen) atoms. The van der Waals surface area contributed by atoms with Gasteiger partial charge in [-0.3, -0.25) is 13.8 Å². The van der Waals surface area contributed by atoms with E-state index in [1.54, 1.807) is 0 Å². The van der Waals surface area contributed by atoms with Gasteiger partial charge in [-0.15, -0.1) is 0 Å². The number of carbonyl (C=O) groups excluding carboxylic acids is 1. The number of unbranched alkanes of at least 4 members (excludes halogenated alkanes) is 31. The highest BCUT2D eigenvalue weighted by Gasteiger charge is 2.51. The molecule has 0 spiro atoms. The smallest absolute Gasteiger partial charge is 0.457 e. The molecule has 1 aliphatic carbocycles. The van der Waals surface area contributed by atoms with Crippen LogP contribution in [0.15, 0.2) is 12.2 Å². The topological polar surface area (TPSA) is 192 Å². The second kappa shape index (κ2) is 41.3. The quantitative estimate of drug-likeness (QED) is 0.0147. The van der Waals surface area contributed by atoms with Crippen LogP contribution in [0.2, 0.25) is 0 Å². The zero-order valence-corrected chi connectivity index (χ0v) is 41.0. The fraction of sp³-hybridized carbons (Fsp3) is 0.940. The third-order valence-corrected chi connectivity index (χ3v) is 13.4. The first kappa shape index (κ1) is 60.1. The number of esters is 1. The van der Waals surface area contributed by atoms with E-state index < -0.39 is 63.1 Å². The number of ether oxygens (including phenoxy) is 2. The molecule has 0 aromatic heterocycles. The van der Waals surface area contributed by atoms with Gasteiger partial charge in [-0.25, -0.2) is 4.57 Å². The average molecular weight is 921 g/mol. The summed E-state index contributed by atoms with van der Waals surface area (Å²) in [6, 6.07) is 0. The Balaban J connectivity index is 2.30. The van der Waals surface area contributed by atoms with Crippen molar-refractivity contribution >= 4 is 13.8 Å². The summed E-state index contributed by atoms with van der Waals surface area (Å²) in [6.07, 6.45) is 34.3. The number of allylic oxidation sites excluding steroid dienone is 2. The molecular weight excluding hydrogens is 824 g/mol. The molecule has 0 radical (unpaired) electrons. The van der Waals surface area contributed by atoms with Crippen molar-refractivity contribution in [2.75, 3.05) is 19.8 Å². The Hall–Kier alpha value is -0.920. The number of hydrogen-bond donors (Lipinski definition) is 6. The molecule has 0 saturated heterocycles. The van der Waals surface area contributed by atoms with Crippen LogP contribution in [0.5, 0.6) is 0 Å². The number of phosphoric acid groups is 1. The minimum absolute atomic E-state index is 0.0752. The van der Waals surface area contributed by atoms with Gasteiger partial charge in [0, 0.05) is 13.0 Å². The largest absolute Gasteiger partial charge is 0.472 e. The van der Waals surface area contributed by atoms with E-state index in [1.807, 2.05) is 0 Å². The van der Waals surface area contributed by atoms with Crippen LogP contribution in [0.25, 0.3) is 0 Å². The molecule has 0 amide bonds. The van der Waals surface area contributed by atoms with Crippen LogP contribution in [0.1, 0.15) is 239 Å². The number of aliphatic hydroxyl groups is 5. The highest BCUT2D eigenvalue weighted by molar-refractivity contribution is 7.47. The van der Waals surface area contributed by atoms with E-state index in [4.69, 9.17) is 18.5 Å². The van der Waals surface area contributed by atoms with E-state index in [2.05, 4.69) is 26.0 Å². The first-order chi connectivity index (χ1) is 30.5. The van der Waals surface area contributed by atoms with Crippen molar-refractivity contribution in [2.24, 2.45) is 0 Å². The first-order valence-electron chi connectivity index (χ1n) is 26.0. The predicted octanol–water partition coefficient (Wildman–Crippen LogP) is 11.5. The fourth-order valence-electron chi connectivity index (χ4n) is 8.23. The molecule has 13 heteroatoms. The van der Waals surface area contributed by atoms with Crippen molar-refractivity contribution in [1.29, 1.82) is 0 Å². The fourth-order valence-corrected chi connectivity index (χ4v) is 9.21. The van der Waals surface area contributed by atoms with Gasteiger partial charge >= 0.3 is 13.8 Å². The molecule has 0 aliphatic heterocycles. The predicted molar refractivity (Wildman–Crippen MR) is 253 cm³/mol. The summed E-state index contributed by atoms with van der Waals surface area (Å²) >= 11 is 0. The summed E-state index contributed by atoms with van der Waals surface area (Å²) in [7, 11) is -5.02. The third kappa shape index (κ3) is 33.2. The Morgan fingerprint density at radius 3 is 1.27 bits per heavy atom. The van der Waals surface area contributed by atoms with Crippen LogP contribution in [-0.2, 0) is 27.9 Å². The Bertz CT molecular complexity index is 1100. The molecule has 1 aliphatic rings.